The first-order valence-electron chi connectivity index (χ1n) is 17.7. The largest absolute Gasteiger partial charge is 0.493 e. The van der Waals surface area contributed by atoms with E-state index in [1.165, 1.54) is 5.56 Å². The fourth-order valence-electron chi connectivity index (χ4n) is 8.35. The Morgan fingerprint density at radius 2 is 1.32 bits per heavy atom. The molecule has 0 aromatic heterocycles. The molecule has 0 saturated carbocycles. The number of benzene rings is 3. The van der Waals surface area contributed by atoms with Gasteiger partial charge in [-0.15, -0.1) is 0 Å². The van der Waals surface area contributed by atoms with Gasteiger partial charge in [0, 0.05) is 37.2 Å². The summed E-state index contributed by atoms with van der Waals surface area (Å²) in [4.78, 5) is 46.1. The molecule has 3 aliphatic rings. The van der Waals surface area contributed by atoms with E-state index >= 15 is 0 Å². The lowest BCUT2D eigenvalue weighted by molar-refractivity contribution is -0.148. The van der Waals surface area contributed by atoms with Crippen molar-refractivity contribution in [2.75, 3.05) is 67.1 Å². The zero-order valence-corrected chi connectivity index (χ0v) is 29.4. The smallest absolute Gasteiger partial charge is 0.306 e. The first kappa shape index (κ1) is 35.3. The minimum absolute atomic E-state index is 0.0708. The van der Waals surface area contributed by atoms with Crippen LogP contribution < -0.4 is 14.2 Å². The van der Waals surface area contributed by atoms with Crippen molar-refractivity contribution in [1.82, 2.24) is 14.7 Å². The second kappa shape index (κ2) is 15.1. The van der Waals surface area contributed by atoms with Crippen LogP contribution in [0.5, 0.6) is 17.2 Å². The quantitative estimate of drug-likeness (QED) is 0.292. The van der Waals surface area contributed by atoms with Gasteiger partial charge in [-0.05, 0) is 81.4 Å². The van der Waals surface area contributed by atoms with Gasteiger partial charge in [-0.2, -0.15) is 0 Å². The Bertz CT molecular complexity index is 1620. The number of amides is 2. The van der Waals surface area contributed by atoms with E-state index in [0.29, 0.717) is 74.7 Å². The highest BCUT2D eigenvalue weighted by Gasteiger charge is 2.47. The first-order chi connectivity index (χ1) is 24.2. The van der Waals surface area contributed by atoms with E-state index in [9.17, 15) is 19.5 Å². The fourth-order valence-corrected chi connectivity index (χ4v) is 8.35. The summed E-state index contributed by atoms with van der Waals surface area (Å²) in [7, 11) is 4.64. The lowest BCUT2D eigenvalue weighted by atomic mass is 9.71. The Morgan fingerprint density at radius 3 is 1.86 bits per heavy atom. The van der Waals surface area contributed by atoms with Crippen molar-refractivity contribution in [3.63, 3.8) is 0 Å². The summed E-state index contributed by atoms with van der Waals surface area (Å²) in [6.45, 7) is 4.62. The van der Waals surface area contributed by atoms with Crippen molar-refractivity contribution in [1.29, 1.82) is 0 Å². The molecule has 6 rings (SSSR count). The number of methoxy groups -OCH3 is 3. The molecule has 0 spiro atoms. The lowest BCUT2D eigenvalue weighted by Gasteiger charge is -2.45. The van der Waals surface area contributed by atoms with Crippen molar-refractivity contribution in [3.8, 4) is 17.2 Å². The molecular formula is C40H49N3O7. The van der Waals surface area contributed by atoms with E-state index in [1.807, 2.05) is 34.1 Å². The number of carbonyl (C=O) groups is 3. The van der Waals surface area contributed by atoms with Crippen LogP contribution in [0.1, 0.15) is 60.0 Å². The summed E-state index contributed by atoms with van der Waals surface area (Å²) in [5.74, 6) is 0.256. The molecule has 1 unspecified atom stereocenters. The molecule has 3 aromatic rings. The number of carbonyl (C=O) groups excluding carboxylic acids is 2. The Balaban J connectivity index is 1.17. The Morgan fingerprint density at radius 1 is 0.740 bits per heavy atom. The number of ether oxygens (including phenoxy) is 3. The second-order valence-corrected chi connectivity index (χ2v) is 14.0. The van der Waals surface area contributed by atoms with E-state index < -0.39 is 11.4 Å². The Kier molecular flexibility index (Phi) is 10.7. The number of piperidine rings is 2. The number of hydrogen-bond donors (Lipinski definition) is 1. The second-order valence-electron chi connectivity index (χ2n) is 14.0. The van der Waals surface area contributed by atoms with Crippen LogP contribution in [0.2, 0.25) is 0 Å². The van der Waals surface area contributed by atoms with Crippen LogP contribution in [0.3, 0.4) is 0 Å². The zero-order chi connectivity index (χ0) is 35.3. The number of carboxylic acid groups (broad SMARTS) is 1. The molecule has 0 bridgehead atoms. The number of aliphatic carboxylic acids is 1. The monoisotopic (exact) mass is 683 g/mol. The van der Waals surface area contributed by atoms with Crippen LogP contribution in [-0.4, -0.2) is 105 Å². The fraction of sp³-hybridized carbons (Fsp3) is 0.475. The summed E-state index contributed by atoms with van der Waals surface area (Å²) in [5, 5.41) is 9.50. The van der Waals surface area contributed by atoms with E-state index in [4.69, 9.17) is 14.2 Å². The minimum Gasteiger partial charge on any atom is -0.493 e. The number of hydrogen-bond acceptors (Lipinski definition) is 7. The average Bonchev–Trinajstić information content (AvgIpc) is 3.62. The zero-order valence-electron chi connectivity index (χ0n) is 29.4. The van der Waals surface area contributed by atoms with Gasteiger partial charge >= 0.3 is 5.97 Å². The normalized spacial score (nSPS) is 21.1. The summed E-state index contributed by atoms with van der Waals surface area (Å²) in [5.41, 5.74) is 1.93. The Labute approximate surface area is 294 Å². The van der Waals surface area contributed by atoms with Gasteiger partial charge in [-0.25, -0.2) is 0 Å². The third kappa shape index (κ3) is 6.90. The number of likely N-dealkylation sites (tertiary alicyclic amines) is 3. The van der Waals surface area contributed by atoms with Gasteiger partial charge < -0.3 is 34.0 Å². The van der Waals surface area contributed by atoms with Crippen LogP contribution in [0.25, 0.3) is 0 Å². The summed E-state index contributed by atoms with van der Waals surface area (Å²) in [6, 6.07) is 24.1. The van der Waals surface area contributed by atoms with Gasteiger partial charge in [0.25, 0.3) is 5.91 Å². The van der Waals surface area contributed by atoms with Gasteiger partial charge in [0.2, 0.25) is 11.7 Å². The molecule has 10 heteroatoms. The van der Waals surface area contributed by atoms with Crippen LogP contribution >= 0.6 is 0 Å². The SMILES string of the molecule is COc1cc(C(=O)N2CCC(CCN3CCC(C(=O)N4CCC(C(=O)O)CC4)(c4ccccc4)CC3)(c3ccccc3)C2)cc(OC)c1OC. The van der Waals surface area contributed by atoms with Crippen molar-refractivity contribution in [3.05, 3.63) is 89.5 Å². The maximum atomic E-state index is 14.3. The molecule has 1 atom stereocenters. The molecule has 3 aliphatic heterocycles. The van der Waals surface area contributed by atoms with Gasteiger partial charge in [0.05, 0.1) is 32.7 Å². The maximum absolute atomic E-state index is 14.3. The summed E-state index contributed by atoms with van der Waals surface area (Å²) >= 11 is 0. The third-order valence-electron chi connectivity index (χ3n) is 11.4. The molecule has 3 heterocycles. The molecule has 0 radical (unpaired) electrons. The number of nitrogens with zero attached hydrogens (tertiary/aromatic N) is 3. The van der Waals surface area contributed by atoms with Crippen molar-refractivity contribution in [2.45, 2.75) is 49.4 Å². The van der Waals surface area contributed by atoms with Gasteiger partial charge in [-0.1, -0.05) is 60.7 Å². The van der Waals surface area contributed by atoms with E-state index in [2.05, 4.69) is 41.3 Å². The van der Waals surface area contributed by atoms with E-state index in [0.717, 1.165) is 38.0 Å². The molecular weight excluding hydrogens is 634 g/mol. The molecule has 266 valence electrons. The molecule has 3 saturated heterocycles. The van der Waals surface area contributed by atoms with Crippen molar-refractivity contribution >= 4 is 17.8 Å². The first-order valence-corrected chi connectivity index (χ1v) is 17.7. The topological polar surface area (TPSA) is 109 Å². The van der Waals surface area contributed by atoms with E-state index in [1.54, 1.807) is 33.5 Å². The van der Waals surface area contributed by atoms with E-state index in [-0.39, 0.29) is 23.1 Å². The summed E-state index contributed by atoms with van der Waals surface area (Å²) < 4.78 is 16.5. The summed E-state index contributed by atoms with van der Waals surface area (Å²) in [6.07, 6.45) is 4.14. The van der Waals surface area contributed by atoms with Crippen LogP contribution in [-0.2, 0) is 20.4 Å². The maximum Gasteiger partial charge on any atom is 0.306 e. The molecule has 2 amide bonds. The van der Waals surface area contributed by atoms with Gasteiger partial charge in [0.1, 0.15) is 0 Å². The molecule has 0 aliphatic carbocycles. The van der Waals surface area contributed by atoms with Crippen molar-refractivity contribution < 1.29 is 33.7 Å². The van der Waals surface area contributed by atoms with Crippen LogP contribution in [0.15, 0.2) is 72.8 Å². The van der Waals surface area contributed by atoms with Gasteiger partial charge in [-0.3, -0.25) is 14.4 Å². The molecule has 3 fully saturated rings. The highest BCUT2D eigenvalue weighted by molar-refractivity contribution is 5.96. The van der Waals surface area contributed by atoms with Crippen LogP contribution in [0, 0.1) is 5.92 Å². The molecule has 1 N–H and O–H groups in total. The highest BCUT2D eigenvalue weighted by Crippen LogP contribution is 2.43. The average molecular weight is 684 g/mol. The predicted octanol–water partition coefficient (Wildman–Crippen LogP) is 5.24. The van der Waals surface area contributed by atoms with Crippen molar-refractivity contribution in [2.24, 2.45) is 5.92 Å². The molecule has 50 heavy (non-hydrogen) atoms. The lowest BCUT2D eigenvalue weighted by Crippen LogP contribution is -2.55. The highest BCUT2D eigenvalue weighted by atomic mass is 16.5. The molecule has 10 nitrogen and oxygen atoms in total. The Hall–Kier alpha value is -4.57. The predicted molar refractivity (Wildman–Crippen MR) is 190 cm³/mol. The third-order valence-corrected chi connectivity index (χ3v) is 11.4. The number of rotatable bonds is 11. The standard InChI is InChI=1S/C40H49N3O7/c1-48-33-26-30(27-34(49-2)35(33)50-3)36(44)43-25-17-39(28-43,31-10-6-4-7-11-31)16-22-41-23-18-40(19-24-41,32-12-8-5-9-13-32)38(47)42-20-14-29(15-21-42)37(45)46/h4-13,26-27,29H,14-25,28H2,1-3H3,(H,45,46). The van der Waals surface area contributed by atoms with Gasteiger partial charge in [0.15, 0.2) is 11.5 Å². The number of carboxylic acids is 1. The minimum atomic E-state index is -0.771. The van der Waals surface area contributed by atoms with Crippen LogP contribution in [0.4, 0.5) is 0 Å². The molecule has 3 aromatic carbocycles.